The first-order valence-corrected chi connectivity index (χ1v) is 6.87. The Balaban J connectivity index is 2.68. The van der Waals surface area contributed by atoms with Crippen molar-refractivity contribution in [2.45, 2.75) is 32.1 Å². The van der Waals surface area contributed by atoms with Gasteiger partial charge < -0.3 is 9.47 Å². The molecule has 138 valence electrons. The normalized spacial score (nSPS) is 17.0. The molecular weight excluding hydrogens is 361 g/mol. The maximum Gasteiger partial charge on any atom is 0.458 e. The molecule has 0 saturated heterocycles. The van der Waals surface area contributed by atoms with Crippen molar-refractivity contribution in [1.82, 2.24) is 0 Å². The molecule has 1 aromatic carbocycles. The van der Waals surface area contributed by atoms with Crippen LogP contribution in [0.5, 0.6) is 5.75 Å². The van der Waals surface area contributed by atoms with E-state index in [-0.39, 0.29) is 6.61 Å². The summed E-state index contributed by atoms with van der Waals surface area (Å²) in [7, 11) is 0. The Morgan fingerprint density at radius 2 is 1.80 bits per heavy atom. The summed E-state index contributed by atoms with van der Waals surface area (Å²) in [5, 5.41) is 0. The van der Waals surface area contributed by atoms with Gasteiger partial charge in [-0.1, -0.05) is 0 Å². The van der Waals surface area contributed by atoms with E-state index in [0.717, 1.165) is 6.92 Å². The molecule has 1 aliphatic heterocycles. The maximum atomic E-state index is 13.8. The van der Waals surface area contributed by atoms with Crippen molar-refractivity contribution in [2.75, 3.05) is 6.61 Å². The van der Waals surface area contributed by atoms with E-state index in [1.54, 1.807) is 0 Å². The lowest BCUT2D eigenvalue weighted by Gasteiger charge is -2.29. The Labute approximate surface area is 137 Å². The van der Waals surface area contributed by atoms with E-state index >= 15 is 0 Å². The smallest absolute Gasteiger partial charge is 0.458 e. The van der Waals surface area contributed by atoms with Gasteiger partial charge in [0.25, 0.3) is 0 Å². The number of esters is 1. The highest BCUT2D eigenvalue weighted by Gasteiger charge is 2.59. The Morgan fingerprint density at radius 1 is 1.20 bits per heavy atom. The molecule has 0 N–H and O–H groups in total. The van der Waals surface area contributed by atoms with Gasteiger partial charge in [-0.05, 0) is 32.0 Å². The summed E-state index contributed by atoms with van der Waals surface area (Å²) in [6.45, 7) is 1.96. The maximum absolute atomic E-state index is 13.8. The van der Waals surface area contributed by atoms with Gasteiger partial charge in [-0.2, -0.15) is 30.7 Å². The molecule has 1 aromatic rings. The molecule has 10 heteroatoms. The number of hydrogen-bond acceptors (Lipinski definition) is 3. The lowest BCUT2D eigenvalue weighted by Crippen LogP contribution is -2.35. The second-order valence-corrected chi connectivity index (χ2v) is 5.12. The second-order valence-electron chi connectivity index (χ2n) is 5.12. The second kappa shape index (κ2) is 5.92. The summed E-state index contributed by atoms with van der Waals surface area (Å²) in [5.41, 5.74) is -3.90. The van der Waals surface area contributed by atoms with E-state index in [0.29, 0.717) is 18.2 Å². The first-order valence-electron chi connectivity index (χ1n) is 6.87. The fraction of sp³-hybridized carbons (Fsp3) is 0.400. The predicted octanol–water partition coefficient (Wildman–Crippen LogP) is 4.66. The highest BCUT2D eigenvalue weighted by Crippen LogP contribution is 2.48. The number of carbonyl (C=O) groups is 1. The van der Waals surface area contributed by atoms with Crippen LogP contribution in [0.25, 0.3) is 5.57 Å². The first-order chi connectivity index (χ1) is 11.3. The van der Waals surface area contributed by atoms with Crippen LogP contribution in [0.15, 0.2) is 23.8 Å². The Bertz CT molecular complexity index is 735. The lowest BCUT2D eigenvalue weighted by atomic mass is 9.93. The summed E-state index contributed by atoms with van der Waals surface area (Å²) >= 11 is 0. The largest absolute Gasteiger partial charge is 0.462 e. The van der Waals surface area contributed by atoms with Crippen molar-refractivity contribution in [1.29, 1.82) is 0 Å². The van der Waals surface area contributed by atoms with Crippen molar-refractivity contribution in [2.24, 2.45) is 0 Å². The average molecular weight is 372 g/mol. The predicted molar refractivity (Wildman–Crippen MR) is 71.2 cm³/mol. The van der Waals surface area contributed by atoms with Crippen LogP contribution in [0.2, 0.25) is 0 Å². The minimum Gasteiger partial charge on any atom is -0.462 e. The topological polar surface area (TPSA) is 35.5 Å². The number of fused-ring (bicyclic) bond motifs is 1. The Kier molecular flexibility index (Phi) is 4.52. The highest BCUT2D eigenvalue weighted by atomic mass is 19.4. The molecule has 0 unspecified atom stereocenters. The van der Waals surface area contributed by atoms with E-state index in [4.69, 9.17) is 0 Å². The molecule has 3 nitrogen and oxygen atoms in total. The molecule has 1 aliphatic rings. The van der Waals surface area contributed by atoms with Crippen LogP contribution in [0, 0.1) is 0 Å². The van der Waals surface area contributed by atoms with Gasteiger partial charge in [0.2, 0.25) is 0 Å². The van der Waals surface area contributed by atoms with Crippen molar-refractivity contribution < 1.29 is 45.0 Å². The quantitative estimate of drug-likeness (QED) is 0.572. The fourth-order valence-corrected chi connectivity index (χ4v) is 2.20. The van der Waals surface area contributed by atoms with Crippen LogP contribution in [0.4, 0.5) is 30.7 Å². The van der Waals surface area contributed by atoms with Crippen LogP contribution in [-0.4, -0.2) is 24.9 Å². The number of ether oxygens (including phenoxy) is 2. The van der Waals surface area contributed by atoms with Gasteiger partial charge in [0.05, 0.1) is 17.8 Å². The van der Waals surface area contributed by atoms with Crippen molar-refractivity contribution in [3.05, 3.63) is 34.9 Å². The Morgan fingerprint density at radius 3 is 2.32 bits per heavy atom. The van der Waals surface area contributed by atoms with E-state index in [9.17, 15) is 35.5 Å². The minimum atomic E-state index is -5.90. The molecule has 0 spiro atoms. The number of hydrogen-bond donors (Lipinski definition) is 0. The van der Waals surface area contributed by atoms with E-state index < -0.39 is 52.2 Å². The van der Waals surface area contributed by atoms with E-state index in [2.05, 4.69) is 9.47 Å². The molecule has 0 radical (unpaired) electrons. The standard InChI is InChI=1S/C15H11F7O3/c1-3-24-12(23)11-7(2)14(18,19)25-10-5-4-8(6-9(10)11)13(16,17)15(20,21)22/h4-6H,3H2,1-2H3. The third kappa shape index (κ3) is 3.16. The van der Waals surface area contributed by atoms with Crippen LogP contribution in [0.3, 0.4) is 0 Å². The molecule has 0 aliphatic carbocycles. The fourth-order valence-electron chi connectivity index (χ4n) is 2.20. The molecule has 2 rings (SSSR count). The van der Waals surface area contributed by atoms with Gasteiger partial charge in [-0.15, -0.1) is 0 Å². The van der Waals surface area contributed by atoms with Crippen LogP contribution < -0.4 is 4.74 Å². The summed E-state index contributed by atoms with van der Waals surface area (Å²) < 4.78 is 101. The van der Waals surface area contributed by atoms with Gasteiger partial charge in [0.1, 0.15) is 5.75 Å². The summed E-state index contributed by atoms with van der Waals surface area (Å²) in [5.74, 6) is -7.23. The third-order valence-electron chi connectivity index (χ3n) is 3.50. The van der Waals surface area contributed by atoms with Crippen LogP contribution in [-0.2, 0) is 15.5 Å². The average Bonchev–Trinajstić information content (AvgIpc) is 2.46. The van der Waals surface area contributed by atoms with Gasteiger partial charge in [0.15, 0.2) is 0 Å². The highest BCUT2D eigenvalue weighted by molar-refractivity contribution is 6.19. The number of alkyl halides is 7. The number of benzene rings is 1. The molecule has 0 aromatic heterocycles. The van der Waals surface area contributed by atoms with Crippen molar-refractivity contribution in [3.8, 4) is 5.75 Å². The molecule has 1 heterocycles. The van der Waals surface area contributed by atoms with Crippen molar-refractivity contribution >= 4 is 11.5 Å². The SMILES string of the molecule is CCOC(=O)C1=C(C)C(F)(F)Oc2ccc(C(F)(F)C(F)(F)F)cc21. The van der Waals surface area contributed by atoms with Gasteiger partial charge in [-0.25, -0.2) is 4.79 Å². The number of carbonyl (C=O) groups excluding carboxylic acids is 1. The minimum absolute atomic E-state index is 0.213. The lowest BCUT2D eigenvalue weighted by molar-refractivity contribution is -0.289. The van der Waals surface area contributed by atoms with E-state index in [1.165, 1.54) is 6.92 Å². The van der Waals surface area contributed by atoms with Crippen molar-refractivity contribution in [3.63, 3.8) is 0 Å². The van der Waals surface area contributed by atoms with Gasteiger partial charge >= 0.3 is 24.2 Å². The molecule has 0 bridgehead atoms. The van der Waals surface area contributed by atoms with Crippen LogP contribution in [0.1, 0.15) is 25.0 Å². The monoisotopic (exact) mass is 372 g/mol. The molecule has 0 amide bonds. The Hall–Kier alpha value is -2.26. The number of rotatable bonds is 3. The summed E-state index contributed by atoms with van der Waals surface area (Å²) in [6, 6.07) is 1.14. The third-order valence-corrected chi connectivity index (χ3v) is 3.50. The molecule has 0 saturated carbocycles. The van der Waals surface area contributed by atoms with E-state index in [1.807, 2.05) is 0 Å². The zero-order valence-corrected chi connectivity index (χ0v) is 12.8. The zero-order valence-electron chi connectivity index (χ0n) is 12.8. The summed E-state index contributed by atoms with van der Waals surface area (Å²) in [4.78, 5) is 11.9. The number of halogens is 7. The summed E-state index contributed by atoms with van der Waals surface area (Å²) in [6.07, 6.45) is -9.84. The zero-order chi connectivity index (χ0) is 19.2. The first kappa shape index (κ1) is 19.1. The van der Waals surface area contributed by atoms with Gasteiger partial charge in [-0.3, -0.25) is 0 Å². The molecular formula is C15H11F7O3. The molecule has 0 atom stereocenters. The molecule has 25 heavy (non-hydrogen) atoms. The van der Waals surface area contributed by atoms with Crippen LogP contribution >= 0.6 is 0 Å². The van der Waals surface area contributed by atoms with Gasteiger partial charge in [0, 0.05) is 11.1 Å². The molecule has 0 fully saturated rings.